The first-order valence-electron chi connectivity index (χ1n) is 7.33. The second-order valence-electron chi connectivity index (χ2n) is 6.49. The molecule has 0 fully saturated rings. The summed E-state index contributed by atoms with van der Waals surface area (Å²) in [4.78, 5) is 28.6. The minimum atomic E-state index is -0.358. The van der Waals surface area contributed by atoms with Crippen LogP contribution in [0.15, 0.2) is 29.1 Å². The predicted molar refractivity (Wildman–Crippen MR) is 85.5 cm³/mol. The number of nitrogens with zero attached hydrogens (tertiary/aromatic N) is 3. The van der Waals surface area contributed by atoms with Crippen LogP contribution in [-0.4, -0.2) is 15.5 Å². The van der Waals surface area contributed by atoms with Crippen molar-refractivity contribution in [3.63, 3.8) is 0 Å². The lowest BCUT2D eigenvalue weighted by atomic mass is 9.92. The zero-order valence-electron chi connectivity index (χ0n) is 13.5. The van der Waals surface area contributed by atoms with E-state index in [0.717, 1.165) is 0 Å². The molecule has 6 nitrogen and oxygen atoms in total. The van der Waals surface area contributed by atoms with Gasteiger partial charge in [0.1, 0.15) is 13.2 Å². The van der Waals surface area contributed by atoms with Crippen LogP contribution in [0.4, 0.5) is 0 Å². The number of carbonyl (C=O) groups excluding carboxylic acids is 1. The molecule has 0 saturated carbocycles. The molecule has 0 N–H and O–H groups in total. The van der Waals surface area contributed by atoms with Crippen LogP contribution >= 0.6 is 0 Å². The summed E-state index contributed by atoms with van der Waals surface area (Å²) in [5.74, 6) is -0.0825. The summed E-state index contributed by atoms with van der Waals surface area (Å²) in [6, 6.07) is 8.83. The highest BCUT2D eigenvalue weighted by Gasteiger charge is 2.18. The first-order valence-corrected chi connectivity index (χ1v) is 7.33. The Balaban J connectivity index is 2.32. The topological polar surface area (TPSA) is 85.0 Å². The smallest absolute Gasteiger partial charge is 0.306 e. The van der Waals surface area contributed by atoms with E-state index in [-0.39, 0.29) is 42.3 Å². The number of carbonyl (C=O) groups is 1. The summed E-state index contributed by atoms with van der Waals surface area (Å²) in [5.41, 5.74) is 0.0350. The van der Waals surface area contributed by atoms with E-state index in [9.17, 15) is 9.59 Å². The van der Waals surface area contributed by atoms with Gasteiger partial charge >= 0.3 is 5.97 Å². The molecule has 2 aromatic rings. The number of hydrogen-bond acceptors (Lipinski definition) is 5. The van der Waals surface area contributed by atoms with E-state index in [4.69, 9.17) is 10.00 Å². The molecule has 0 bridgehead atoms. The predicted octanol–water partition coefficient (Wildman–Crippen LogP) is 2.40. The van der Waals surface area contributed by atoms with E-state index in [1.807, 2.05) is 26.8 Å². The van der Waals surface area contributed by atoms with Crippen LogP contribution in [0.2, 0.25) is 0 Å². The fourth-order valence-corrected chi connectivity index (χ4v) is 2.19. The Morgan fingerprint density at radius 2 is 2.04 bits per heavy atom. The van der Waals surface area contributed by atoms with Gasteiger partial charge in [0.2, 0.25) is 0 Å². The van der Waals surface area contributed by atoms with E-state index >= 15 is 0 Å². The van der Waals surface area contributed by atoms with Gasteiger partial charge in [0.15, 0.2) is 5.82 Å². The van der Waals surface area contributed by atoms with Crippen molar-refractivity contribution in [2.24, 2.45) is 5.41 Å². The summed E-state index contributed by atoms with van der Waals surface area (Å²) < 4.78 is 6.47. The van der Waals surface area contributed by atoms with Gasteiger partial charge in [-0.1, -0.05) is 32.9 Å². The highest BCUT2D eigenvalue weighted by Crippen LogP contribution is 2.19. The summed E-state index contributed by atoms with van der Waals surface area (Å²) in [7, 11) is 0. The molecule has 0 radical (unpaired) electrons. The minimum Gasteiger partial charge on any atom is -0.457 e. The third-order valence-corrected chi connectivity index (χ3v) is 3.21. The molecule has 1 aromatic heterocycles. The lowest BCUT2D eigenvalue weighted by Crippen LogP contribution is -2.26. The van der Waals surface area contributed by atoms with Crippen LogP contribution in [0.1, 0.15) is 33.0 Å². The quantitative estimate of drug-likeness (QED) is 0.809. The van der Waals surface area contributed by atoms with E-state index in [2.05, 4.69) is 4.98 Å². The molecule has 0 saturated heterocycles. The zero-order valence-corrected chi connectivity index (χ0v) is 13.5. The van der Waals surface area contributed by atoms with Crippen molar-refractivity contribution in [2.45, 2.75) is 40.3 Å². The first kappa shape index (κ1) is 16.7. The Bertz CT molecular complexity index is 826. The lowest BCUT2D eigenvalue weighted by molar-refractivity contribution is -0.147. The van der Waals surface area contributed by atoms with Gasteiger partial charge in [-0.2, -0.15) is 5.26 Å². The van der Waals surface area contributed by atoms with Crippen molar-refractivity contribution >= 4 is 16.9 Å². The molecule has 0 aliphatic heterocycles. The van der Waals surface area contributed by atoms with Crippen LogP contribution in [0.25, 0.3) is 10.9 Å². The van der Waals surface area contributed by atoms with Gasteiger partial charge in [-0.15, -0.1) is 0 Å². The molecule has 0 spiro atoms. The van der Waals surface area contributed by atoms with Gasteiger partial charge in [-0.05, 0) is 17.5 Å². The average Bonchev–Trinajstić information content (AvgIpc) is 2.47. The normalized spacial score (nSPS) is 11.2. The van der Waals surface area contributed by atoms with Gasteiger partial charge in [0.25, 0.3) is 5.56 Å². The first-order chi connectivity index (χ1) is 10.8. The van der Waals surface area contributed by atoms with Crippen LogP contribution < -0.4 is 5.56 Å². The van der Waals surface area contributed by atoms with Crippen LogP contribution in [0.3, 0.4) is 0 Å². The van der Waals surface area contributed by atoms with Crippen molar-refractivity contribution < 1.29 is 9.53 Å². The number of rotatable bonds is 4. The van der Waals surface area contributed by atoms with Gasteiger partial charge in [0.05, 0.1) is 23.4 Å². The Kier molecular flexibility index (Phi) is 4.80. The Morgan fingerprint density at radius 3 is 2.70 bits per heavy atom. The third kappa shape index (κ3) is 4.16. The molecule has 2 rings (SSSR count). The number of benzene rings is 1. The molecule has 1 aromatic carbocycles. The molecular weight excluding hydrogens is 294 g/mol. The fourth-order valence-electron chi connectivity index (χ4n) is 2.19. The number of hydrogen-bond donors (Lipinski definition) is 0. The number of ether oxygens (including phenoxy) is 1. The van der Waals surface area contributed by atoms with Crippen LogP contribution in [0.5, 0.6) is 0 Å². The maximum Gasteiger partial charge on any atom is 0.306 e. The van der Waals surface area contributed by atoms with Crippen LogP contribution in [-0.2, 0) is 22.7 Å². The maximum absolute atomic E-state index is 12.4. The van der Waals surface area contributed by atoms with Gasteiger partial charge < -0.3 is 4.74 Å². The Labute approximate surface area is 134 Å². The maximum atomic E-state index is 12.4. The summed E-state index contributed by atoms with van der Waals surface area (Å²) in [5, 5.41) is 9.36. The van der Waals surface area contributed by atoms with Gasteiger partial charge in [-0.3, -0.25) is 14.2 Å². The summed E-state index contributed by atoms with van der Waals surface area (Å²) in [6.45, 7) is 5.55. The van der Waals surface area contributed by atoms with Gasteiger partial charge in [-0.25, -0.2) is 4.98 Å². The number of esters is 1. The molecule has 0 unspecified atom stereocenters. The second-order valence-corrected chi connectivity index (χ2v) is 6.49. The zero-order chi connectivity index (χ0) is 17.0. The lowest BCUT2D eigenvalue weighted by Gasteiger charge is -2.17. The SMILES string of the molecule is CC(C)(C)CC(=O)OCc1nc2ccccc2c(=O)n1CC#N. The number of para-hydroxylation sites is 1. The third-order valence-electron chi connectivity index (χ3n) is 3.21. The Morgan fingerprint density at radius 1 is 1.35 bits per heavy atom. The number of nitriles is 1. The van der Waals surface area contributed by atoms with E-state index in [1.54, 1.807) is 24.3 Å². The van der Waals surface area contributed by atoms with Gasteiger partial charge in [0, 0.05) is 0 Å². The fraction of sp³-hybridized carbons (Fsp3) is 0.412. The average molecular weight is 313 g/mol. The molecule has 120 valence electrons. The highest BCUT2D eigenvalue weighted by molar-refractivity contribution is 5.77. The molecule has 6 heteroatoms. The Hall–Kier alpha value is -2.68. The van der Waals surface area contributed by atoms with Crippen molar-refractivity contribution in [3.05, 3.63) is 40.4 Å². The van der Waals surface area contributed by atoms with E-state index < -0.39 is 0 Å². The highest BCUT2D eigenvalue weighted by atomic mass is 16.5. The molecule has 23 heavy (non-hydrogen) atoms. The second kappa shape index (κ2) is 6.61. The molecule has 0 amide bonds. The monoisotopic (exact) mass is 313 g/mol. The summed E-state index contributed by atoms with van der Waals surface area (Å²) in [6.07, 6.45) is 0.267. The van der Waals surface area contributed by atoms with Crippen molar-refractivity contribution in [1.82, 2.24) is 9.55 Å². The molecule has 0 aliphatic rings. The molecular formula is C17H19N3O3. The standard InChI is InChI=1S/C17H19N3O3/c1-17(2,3)10-15(21)23-11-14-19-13-7-5-4-6-12(13)16(22)20(14)9-8-18/h4-7H,9-11H2,1-3H3. The van der Waals surface area contributed by atoms with E-state index in [1.165, 1.54) is 4.57 Å². The molecule has 0 aliphatic carbocycles. The van der Waals surface area contributed by atoms with Crippen molar-refractivity contribution in [3.8, 4) is 6.07 Å². The van der Waals surface area contributed by atoms with Crippen molar-refractivity contribution in [2.75, 3.05) is 0 Å². The summed E-state index contributed by atoms with van der Waals surface area (Å²) >= 11 is 0. The minimum absolute atomic E-state index is 0.128. The van der Waals surface area contributed by atoms with Crippen molar-refractivity contribution in [1.29, 1.82) is 5.26 Å². The molecule has 1 heterocycles. The largest absolute Gasteiger partial charge is 0.457 e. The number of aromatic nitrogens is 2. The number of fused-ring (bicyclic) bond motifs is 1. The molecule has 0 atom stereocenters. The van der Waals surface area contributed by atoms with E-state index in [0.29, 0.717) is 10.9 Å². The van der Waals surface area contributed by atoms with Crippen LogP contribution in [0, 0.1) is 16.7 Å².